The minimum atomic E-state index is 1.05. The molecule has 0 N–H and O–H groups in total. The van der Waals surface area contributed by atoms with E-state index < -0.39 is 0 Å². The molecule has 0 atom stereocenters. The molecule has 0 spiro atoms. The third-order valence-electron chi connectivity index (χ3n) is 2.23. The van der Waals surface area contributed by atoms with Crippen LogP contribution in [0, 0.1) is 6.92 Å². The lowest BCUT2D eigenvalue weighted by Gasteiger charge is -2.13. The Balaban J connectivity index is 2.94. The van der Waals surface area contributed by atoms with Crippen LogP contribution in [-0.2, 0) is 13.0 Å². The van der Waals surface area contributed by atoms with Gasteiger partial charge in [-0.3, -0.25) is 0 Å². The van der Waals surface area contributed by atoms with Crippen molar-refractivity contribution >= 4 is 0 Å². The van der Waals surface area contributed by atoms with E-state index in [2.05, 4.69) is 51.0 Å². The van der Waals surface area contributed by atoms with Gasteiger partial charge in [0.25, 0.3) is 0 Å². The van der Waals surface area contributed by atoms with Crippen LogP contribution in [0.2, 0.25) is 0 Å². The van der Waals surface area contributed by atoms with Gasteiger partial charge in [0.2, 0.25) is 0 Å². The molecule has 0 bridgehead atoms. The van der Waals surface area contributed by atoms with E-state index in [0.29, 0.717) is 0 Å². The summed E-state index contributed by atoms with van der Waals surface area (Å²) in [5.41, 5.74) is 4.29. The van der Waals surface area contributed by atoms with Crippen molar-refractivity contribution in [2.24, 2.45) is 0 Å². The van der Waals surface area contributed by atoms with E-state index in [1.54, 1.807) is 0 Å². The van der Waals surface area contributed by atoms with Crippen molar-refractivity contribution in [3.05, 3.63) is 34.9 Å². The van der Waals surface area contributed by atoms with E-state index in [9.17, 15) is 0 Å². The van der Waals surface area contributed by atoms with Crippen molar-refractivity contribution in [3.8, 4) is 0 Å². The highest BCUT2D eigenvalue weighted by atomic mass is 15.0. The highest BCUT2D eigenvalue weighted by Gasteiger charge is 2.01. The summed E-state index contributed by atoms with van der Waals surface area (Å²) in [6.45, 7) is 5.41. The molecule has 0 fully saturated rings. The molecule has 0 aliphatic rings. The highest BCUT2D eigenvalue weighted by molar-refractivity contribution is 5.31. The maximum atomic E-state index is 2.29. The Labute approximate surface area is 81.4 Å². The molecule has 1 nitrogen and oxygen atoms in total. The van der Waals surface area contributed by atoms with E-state index >= 15 is 0 Å². The second kappa shape index (κ2) is 4.43. The first-order valence-electron chi connectivity index (χ1n) is 4.86. The molecule has 0 heterocycles. The molecule has 1 aromatic carbocycles. The molecule has 13 heavy (non-hydrogen) atoms. The minimum Gasteiger partial charge on any atom is -0.305 e. The molecule has 1 aromatic rings. The van der Waals surface area contributed by atoms with Crippen LogP contribution in [0.3, 0.4) is 0 Å². The first-order valence-corrected chi connectivity index (χ1v) is 4.86. The average molecular weight is 177 g/mol. The lowest BCUT2D eigenvalue weighted by atomic mass is 10.0. The molecule has 0 aliphatic carbocycles. The zero-order valence-electron chi connectivity index (χ0n) is 9.09. The standard InChI is InChI=1S/C12H19N/c1-5-11-7-6-10(2)8-12(11)9-13(3)4/h6-8H,5,9H2,1-4H3. The number of hydrogen-bond acceptors (Lipinski definition) is 1. The fourth-order valence-corrected chi connectivity index (χ4v) is 1.59. The van der Waals surface area contributed by atoms with Crippen molar-refractivity contribution in [3.63, 3.8) is 0 Å². The molecule has 0 aliphatic heterocycles. The van der Waals surface area contributed by atoms with E-state index in [1.165, 1.54) is 16.7 Å². The number of benzene rings is 1. The summed E-state index contributed by atoms with van der Waals surface area (Å²) in [7, 11) is 4.23. The van der Waals surface area contributed by atoms with Gasteiger partial charge in [0.15, 0.2) is 0 Å². The van der Waals surface area contributed by atoms with Gasteiger partial charge in [-0.25, -0.2) is 0 Å². The van der Waals surface area contributed by atoms with Gasteiger partial charge in [-0.2, -0.15) is 0 Å². The summed E-state index contributed by atoms with van der Waals surface area (Å²) < 4.78 is 0. The molecule has 1 heteroatoms. The Bertz CT molecular complexity index is 276. The Morgan fingerprint density at radius 3 is 2.38 bits per heavy atom. The molecule has 0 aromatic heterocycles. The van der Waals surface area contributed by atoms with Gasteiger partial charge in [0.1, 0.15) is 0 Å². The first kappa shape index (κ1) is 10.3. The molecule has 0 radical (unpaired) electrons. The number of rotatable bonds is 3. The van der Waals surface area contributed by atoms with Crippen LogP contribution in [-0.4, -0.2) is 19.0 Å². The summed E-state index contributed by atoms with van der Waals surface area (Å²) >= 11 is 0. The summed E-state index contributed by atoms with van der Waals surface area (Å²) in [6, 6.07) is 6.73. The highest BCUT2D eigenvalue weighted by Crippen LogP contribution is 2.13. The van der Waals surface area contributed by atoms with Gasteiger partial charge in [-0.15, -0.1) is 0 Å². The van der Waals surface area contributed by atoms with Gasteiger partial charge >= 0.3 is 0 Å². The third-order valence-corrected chi connectivity index (χ3v) is 2.23. The van der Waals surface area contributed by atoms with E-state index in [4.69, 9.17) is 0 Å². The predicted octanol–water partition coefficient (Wildman–Crippen LogP) is 2.62. The maximum absolute atomic E-state index is 2.29. The van der Waals surface area contributed by atoms with Crippen molar-refractivity contribution in [2.45, 2.75) is 26.8 Å². The van der Waals surface area contributed by atoms with Crippen LogP contribution >= 0.6 is 0 Å². The fraction of sp³-hybridized carbons (Fsp3) is 0.500. The topological polar surface area (TPSA) is 3.24 Å². The molecule has 0 saturated heterocycles. The zero-order chi connectivity index (χ0) is 9.84. The number of nitrogens with zero attached hydrogens (tertiary/aromatic N) is 1. The van der Waals surface area contributed by atoms with Crippen LogP contribution in [0.1, 0.15) is 23.6 Å². The summed E-state index contributed by atoms with van der Waals surface area (Å²) in [5.74, 6) is 0. The average Bonchev–Trinajstić information content (AvgIpc) is 2.03. The molecular formula is C12H19N. The van der Waals surface area contributed by atoms with Crippen LogP contribution in [0.15, 0.2) is 18.2 Å². The predicted molar refractivity (Wildman–Crippen MR) is 57.9 cm³/mol. The Morgan fingerprint density at radius 1 is 1.15 bits per heavy atom. The molecule has 72 valence electrons. The smallest absolute Gasteiger partial charge is 0.0230 e. The Hall–Kier alpha value is -0.820. The third kappa shape index (κ3) is 2.85. The normalized spacial score (nSPS) is 10.8. The van der Waals surface area contributed by atoms with Gasteiger partial charge in [0.05, 0.1) is 0 Å². The van der Waals surface area contributed by atoms with E-state index in [-0.39, 0.29) is 0 Å². The number of hydrogen-bond donors (Lipinski definition) is 0. The lowest BCUT2D eigenvalue weighted by Crippen LogP contribution is -2.12. The molecular weight excluding hydrogens is 158 g/mol. The molecule has 0 saturated carbocycles. The molecule has 0 unspecified atom stereocenters. The summed E-state index contributed by atoms with van der Waals surface area (Å²) in [4.78, 5) is 2.22. The zero-order valence-corrected chi connectivity index (χ0v) is 9.09. The summed E-state index contributed by atoms with van der Waals surface area (Å²) in [6.07, 6.45) is 1.13. The van der Waals surface area contributed by atoms with E-state index in [0.717, 1.165) is 13.0 Å². The van der Waals surface area contributed by atoms with E-state index in [1.807, 2.05) is 0 Å². The van der Waals surface area contributed by atoms with Crippen molar-refractivity contribution < 1.29 is 0 Å². The number of aryl methyl sites for hydroxylation is 2. The van der Waals surface area contributed by atoms with Crippen LogP contribution in [0.4, 0.5) is 0 Å². The first-order chi connectivity index (χ1) is 6.13. The monoisotopic (exact) mass is 177 g/mol. The second-order valence-electron chi connectivity index (χ2n) is 3.86. The fourth-order valence-electron chi connectivity index (χ4n) is 1.59. The van der Waals surface area contributed by atoms with Gasteiger partial charge in [0, 0.05) is 6.54 Å². The Kier molecular flexibility index (Phi) is 3.49. The van der Waals surface area contributed by atoms with Crippen LogP contribution < -0.4 is 0 Å². The van der Waals surface area contributed by atoms with Gasteiger partial charge in [-0.05, 0) is 38.6 Å². The second-order valence-corrected chi connectivity index (χ2v) is 3.86. The van der Waals surface area contributed by atoms with Crippen LogP contribution in [0.25, 0.3) is 0 Å². The van der Waals surface area contributed by atoms with Crippen molar-refractivity contribution in [2.75, 3.05) is 14.1 Å². The van der Waals surface area contributed by atoms with Gasteiger partial charge < -0.3 is 4.90 Å². The van der Waals surface area contributed by atoms with Gasteiger partial charge in [-0.1, -0.05) is 30.7 Å². The Morgan fingerprint density at radius 2 is 1.85 bits per heavy atom. The van der Waals surface area contributed by atoms with Crippen LogP contribution in [0.5, 0.6) is 0 Å². The van der Waals surface area contributed by atoms with Crippen molar-refractivity contribution in [1.82, 2.24) is 4.90 Å². The quantitative estimate of drug-likeness (QED) is 0.686. The lowest BCUT2D eigenvalue weighted by molar-refractivity contribution is 0.401. The maximum Gasteiger partial charge on any atom is 0.0230 e. The minimum absolute atomic E-state index is 1.05. The largest absolute Gasteiger partial charge is 0.305 e. The van der Waals surface area contributed by atoms with Crippen molar-refractivity contribution in [1.29, 1.82) is 0 Å². The molecule has 1 rings (SSSR count). The SMILES string of the molecule is CCc1ccc(C)cc1CN(C)C. The molecule has 0 amide bonds. The summed E-state index contributed by atoms with van der Waals surface area (Å²) in [5, 5.41) is 0.